The van der Waals surface area contributed by atoms with Gasteiger partial charge in [0.25, 0.3) is 5.91 Å². The number of hydrogen-bond donors (Lipinski definition) is 3. The van der Waals surface area contributed by atoms with E-state index in [-0.39, 0.29) is 5.91 Å². The Labute approximate surface area is 159 Å². The van der Waals surface area contributed by atoms with E-state index in [1.165, 1.54) is 10.9 Å². The van der Waals surface area contributed by atoms with Crippen LogP contribution >= 0.6 is 15.9 Å². The minimum atomic E-state index is -0.152. The van der Waals surface area contributed by atoms with Crippen LogP contribution < -0.4 is 5.32 Å². The molecule has 2 aromatic heterocycles. The quantitative estimate of drug-likeness (QED) is 0.460. The lowest BCUT2D eigenvalue weighted by Crippen LogP contribution is -2.25. The van der Waals surface area contributed by atoms with Crippen LogP contribution in [0.15, 0.2) is 65.3 Å². The number of H-pyrrole nitrogens is 2. The van der Waals surface area contributed by atoms with Crippen LogP contribution in [0.3, 0.4) is 0 Å². The highest BCUT2D eigenvalue weighted by Crippen LogP contribution is 2.20. The van der Waals surface area contributed by atoms with Crippen LogP contribution in [-0.4, -0.2) is 27.6 Å². The molecule has 130 valence electrons. The van der Waals surface area contributed by atoms with E-state index in [0.29, 0.717) is 12.2 Å². The average Bonchev–Trinajstić information content (AvgIpc) is 3.30. The molecule has 0 unspecified atom stereocenters. The normalized spacial score (nSPS) is 11.0. The number of carbonyl (C=O) groups excluding carboxylic acids is 1. The third-order valence-electron chi connectivity index (χ3n) is 4.32. The first-order chi connectivity index (χ1) is 12.7. The van der Waals surface area contributed by atoms with E-state index in [1.807, 2.05) is 48.7 Å². The molecule has 0 fully saturated rings. The Kier molecular flexibility index (Phi) is 4.58. The van der Waals surface area contributed by atoms with Crippen LogP contribution in [0.25, 0.3) is 22.2 Å². The highest BCUT2D eigenvalue weighted by molar-refractivity contribution is 9.10. The lowest BCUT2D eigenvalue weighted by molar-refractivity contribution is 0.0949. The van der Waals surface area contributed by atoms with Gasteiger partial charge in [-0.3, -0.25) is 9.89 Å². The summed E-state index contributed by atoms with van der Waals surface area (Å²) in [4.78, 5) is 15.6. The summed E-state index contributed by atoms with van der Waals surface area (Å²) in [5, 5.41) is 11.2. The molecule has 5 nitrogen and oxygen atoms in total. The number of para-hydroxylation sites is 1. The Hall–Kier alpha value is -2.86. The fourth-order valence-electron chi connectivity index (χ4n) is 2.95. The number of rotatable bonds is 5. The molecule has 0 aliphatic rings. The maximum absolute atomic E-state index is 12.3. The largest absolute Gasteiger partial charge is 0.361 e. The highest BCUT2D eigenvalue weighted by atomic mass is 79.9. The number of nitrogens with one attached hydrogen (secondary N) is 3. The molecule has 6 heteroatoms. The Balaban J connectivity index is 1.39. The molecule has 0 spiro atoms. The summed E-state index contributed by atoms with van der Waals surface area (Å²) < 4.78 is 1.01. The molecule has 2 aromatic carbocycles. The number of amides is 1. The van der Waals surface area contributed by atoms with Gasteiger partial charge in [0, 0.05) is 33.7 Å². The summed E-state index contributed by atoms with van der Waals surface area (Å²) >= 11 is 3.41. The van der Waals surface area contributed by atoms with E-state index in [9.17, 15) is 4.79 Å². The second kappa shape index (κ2) is 7.17. The second-order valence-corrected chi connectivity index (χ2v) is 6.95. The van der Waals surface area contributed by atoms with Crippen LogP contribution in [0.4, 0.5) is 0 Å². The first kappa shape index (κ1) is 16.6. The number of benzene rings is 2. The molecule has 0 saturated heterocycles. The van der Waals surface area contributed by atoms with E-state index >= 15 is 0 Å². The molecular weight excluding hydrogens is 392 g/mol. The summed E-state index contributed by atoms with van der Waals surface area (Å²) in [5.41, 5.74) is 4.48. The van der Waals surface area contributed by atoms with Gasteiger partial charge < -0.3 is 10.3 Å². The predicted molar refractivity (Wildman–Crippen MR) is 106 cm³/mol. The van der Waals surface area contributed by atoms with Gasteiger partial charge in [-0.15, -0.1) is 0 Å². The van der Waals surface area contributed by atoms with E-state index < -0.39 is 0 Å². The fraction of sp³-hybridized carbons (Fsp3) is 0.100. The van der Waals surface area contributed by atoms with Gasteiger partial charge in [0.15, 0.2) is 0 Å². The molecule has 0 aliphatic carbocycles. The van der Waals surface area contributed by atoms with Crippen molar-refractivity contribution in [3.8, 4) is 11.3 Å². The van der Waals surface area contributed by atoms with Crippen LogP contribution in [0, 0.1) is 0 Å². The highest BCUT2D eigenvalue weighted by Gasteiger charge is 2.11. The van der Waals surface area contributed by atoms with Gasteiger partial charge in [0.05, 0.1) is 5.69 Å². The summed E-state index contributed by atoms with van der Waals surface area (Å²) in [6.07, 6.45) is 2.77. The number of carbonyl (C=O) groups is 1. The van der Waals surface area contributed by atoms with Gasteiger partial charge in [-0.2, -0.15) is 5.10 Å². The third kappa shape index (κ3) is 3.41. The Morgan fingerprint density at radius 1 is 1.12 bits per heavy atom. The molecule has 0 atom stereocenters. The minimum Gasteiger partial charge on any atom is -0.361 e. The van der Waals surface area contributed by atoms with Crippen LogP contribution in [0.1, 0.15) is 16.1 Å². The number of fused-ring (bicyclic) bond motifs is 1. The molecule has 0 bridgehead atoms. The molecule has 4 rings (SSSR count). The summed E-state index contributed by atoms with van der Waals surface area (Å²) in [5.74, 6) is -0.152. The number of aromatic amines is 2. The third-order valence-corrected chi connectivity index (χ3v) is 4.85. The summed E-state index contributed by atoms with van der Waals surface area (Å²) in [6, 6.07) is 17.7. The fourth-order valence-corrected chi connectivity index (χ4v) is 3.22. The SMILES string of the molecule is O=C(NCCc1c[nH]c2ccccc12)c1cc(-c2ccc(Br)cc2)n[nH]1. The average molecular weight is 409 g/mol. The maximum atomic E-state index is 12.3. The van der Waals surface area contributed by atoms with Crippen molar-refractivity contribution < 1.29 is 4.79 Å². The predicted octanol–water partition coefficient (Wildman–Crippen LogP) is 4.29. The minimum absolute atomic E-state index is 0.152. The van der Waals surface area contributed by atoms with Crippen molar-refractivity contribution in [1.29, 1.82) is 0 Å². The van der Waals surface area contributed by atoms with Gasteiger partial charge in [-0.05, 0) is 36.2 Å². The molecule has 26 heavy (non-hydrogen) atoms. The number of aromatic nitrogens is 3. The van der Waals surface area contributed by atoms with Crippen molar-refractivity contribution in [1.82, 2.24) is 20.5 Å². The molecule has 0 radical (unpaired) electrons. The van der Waals surface area contributed by atoms with Crippen molar-refractivity contribution in [2.75, 3.05) is 6.54 Å². The molecular formula is C20H17BrN4O. The first-order valence-corrected chi connectivity index (χ1v) is 9.14. The van der Waals surface area contributed by atoms with E-state index in [2.05, 4.69) is 42.5 Å². The van der Waals surface area contributed by atoms with Gasteiger partial charge in [-0.1, -0.05) is 46.3 Å². The van der Waals surface area contributed by atoms with Gasteiger partial charge in [-0.25, -0.2) is 0 Å². The van der Waals surface area contributed by atoms with Crippen LogP contribution in [0.5, 0.6) is 0 Å². The standard InChI is InChI=1S/C20H17BrN4O/c21-15-7-5-13(6-8-15)18-11-19(25-24-18)20(26)22-10-9-14-12-23-17-4-2-1-3-16(14)17/h1-8,11-12,23H,9-10H2,(H,22,26)(H,24,25). The van der Waals surface area contributed by atoms with Crippen LogP contribution in [-0.2, 0) is 6.42 Å². The molecule has 0 aliphatic heterocycles. The monoisotopic (exact) mass is 408 g/mol. The topological polar surface area (TPSA) is 73.6 Å². The Morgan fingerprint density at radius 2 is 1.92 bits per heavy atom. The van der Waals surface area contributed by atoms with Crippen molar-refractivity contribution in [2.45, 2.75) is 6.42 Å². The van der Waals surface area contributed by atoms with E-state index in [1.54, 1.807) is 6.07 Å². The number of halogens is 1. The Morgan fingerprint density at radius 3 is 2.77 bits per heavy atom. The number of nitrogens with zero attached hydrogens (tertiary/aromatic N) is 1. The Bertz CT molecular complexity index is 1050. The summed E-state index contributed by atoms with van der Waals surface area (Å²) in [7, 11) is 0. The van der Waals surface area contributed by atoms with E-state index in [0.717, 1.165) is 27.7 Å². The van der Waals surface area contributed by atoms with Gasteiger partial charge in [0.2, 0.25) is 0 Å². The number of hydrogen-bond acceptors (Lipinski definition) is 2. The van der Waals surface area contributed by atoms with E-state index in [4.69, 9.17) is 0 Å². The smallest absolute Gasteiger partial charge is 0.269 e. The zero-order valence-electron chi connectivity index (χ0n) is 13.9. The maximum Gasteiger partial charge on any atom is 0.269 e. The lowest BCUT2D eigenvalue weighted by atomic mass is 10.1. The molecule has 1 amide bonds. The van der Waals surface area contributed by atoms with Crippen molar-refractivity contribution >= 4 is 32.7 Å². The molecule has 2 heterocycles. The zero-order valence-corrected chi connectivity index (χ0v) is 15.5. The lowest BCUT2D eigenvalue weighted by Gasteiger charge is -2.03. The van der Waals surface area contributed by atoms with Gasteiger partial charge in [0.1, 0.15) is 5.69 Å². The van der Waals surface area contributed by atoms with Crippen molar-refractivity contribution in [3.63, 3.8) is 0 Å². The molecule has 3 N–H and O–H groups in total. The summed E-state index contributed by atoms with van der Waals surface area (Å²) in [6.45, 7) is 0.563. The van der Waals surface area contributed by atoms with Gasteiger partial charge >= 0.3 is 0 Å². The molecule has 0 saturated carbocycles. The van der Waals surface area contributed by atoms with Crippen molar-refractivity contribution in [3.05, 3.63) is 76.5 Å². The first-order valence-electron chi connectivity index (χ1n) is 8.35. The zero-order chi connectivity index (χ0) is 17.9. The van der Waals surface area contributed by atoms with Crippen molar-refractivity contribution in [2.24, 2.45) is 0 Å². The second-order valence-electron chi connectivity index (χ2n) is 6.04. The van der Waals surface area contributed by atoms with Crippen LogP contribution in [0.2, 0.25) is 0 Å². The molecule has 4 aromatic rings.